The highest BCUT2D eigenvalue weighted by atomic mass is 35.5. The lowest BCUT2D eigenvalue weighted by Gasteiger charge is -1.94. The number of thioether (sulfide) groups is 1. The molecule has 0 aromatic heterocycles. The van der Waals surface area contributed by atoms with Crippen LogP contribution in [0.4, 0.5) is 8.78 Å². The van der Waals surface area contributed by atoms with E-state index in [1.54, 1.807) is 0 Å². The zero-order chi connectivity index (χ0) is 6.41. The molecule has 0 fully saturated rings. The van der Waals surface area contributed by atoms with Crippen LogP contribution in [-0.4, -0.2) is 18.1 Å². The van der Waals surface area contributed by atoms with Gasteiger partial charge in [0.25, 0.3) is 5.76 Å². The maximum Gasteiger partial charge on any atom is 0.284 e. The number of hydrogen-bond acceptors (Lipinski definition) is 2. The molecule has 0 aromatic carbocycles. The molecule has 0 saturated carbocycles. The third-order valence-electron chi connectivity index (χ3n) is 0.592. The van der Waals surface area contributed by atoms with Gasteiger partial charge in [-0.15, -0.1) is 12.4 Å². The maximum atomic E-state index is 11.3. The van der Waals surface area contributed by atoms with Crippen LogP contribution in [0.2, 0.25) is 0 Å². The predicted molar refractivity (Wildman–Crippen MR) is 39.4 cm³/mol. The third kappa shape index (κ3) is 11.8. The average Bonchev–Trinajstić information content (AvgIpc) is 1.66. The lowest BCUT2D eigenvalue weighted by Crippen LogP contribution is -2.00. The lowest BCUT2D eigenvalue weighted by molar-refractivity contribution is 0.252. The molecule has 5 heteroatoms. The molecule has 0 aliphatic rings. The van der Waals surface area contributed by atoms with Gasteiger partial charge in [-0.25, -0.2) is 0 Å². The molecule has 0 aliphatic carbocycles. The second kappa shape index (κ2) is 8.46. The molecule has 0 rings (SSSR count). The minimum Gasteiger partial charge on any atom is -0.330 e. The summed E-state index contributed by atoms with van der Waals surface area (Å²) in [5, 5.41) is 0. The van der Waals surface area contributed by atoms with Gasteiger partial charge < -0.3 is 5.73 Å². The second-order valence-corrected chi connectivity index (χ2v) is 2.37. The van der Waals surface area contributed by atoms with Crippen LogP contribution < -0.4 is 5.73 Å². The van der Waals surface area contributed by atoms with E-state index in [4.69, 9.17) is 5.73 Å². The predicted octanol–water partition coefficient (Wildman–Crippen LogP) is 1.71. The molecular weight excluding hydrogens is 168 g/mol. The van der Waals surface area contributed by atoms with Crippen LogP contribution in [0, 0.1) is 0 Å². The largest absolute Gasteiger partial charge is 0.330 e. The van der Waals surface area contributed by atoms with Gasteiger partial charge in [-0.05, 0) is 18.7 Å². The van der Waals surface area contributed by atoms with Gasteiger partial charge in [-0.2, -0.15) is 8.78 Å². The maximum absolute atomic E-state index is 11.3. The van der Waals surface area contributed by atoms with E-state index in [1.165, 1.54) is 0 Å². The molecule has 0 heterocycles. The summed E-state index contributed by atoms with van der Waals surface area (Å²) in [5.74, 6) is -1.77. The van der Waals surface area contributed by atoms with Crippen molar-refractivity contribution in [3.8, 4) is 0 Å². The molecule has 58 valence electrons. The third-order valence-corrected chi connectivity index (χ3v) is 1.37. The Morgan fingerprint density at radius 3 is 2.33 bits per heavy atom. The van der Waals surface area contributed by atoms with Crippen molar-refractivity contribution in [3.63, 3.8) is 0 Å². The van der Waals surface area contributed by atoms with E-state index in [0.29, 0.717) is 30.5 Å². The number of hydrogen-bond donors (Lipinski definition) is 1. The summed E-state index contributed by atoms with van der Waals surface area (Å²) < 4.78 is 22.6. The first-order valence-electron chi connectivity index (χ1n) is 2.37. The minimum absolute atomic E-state index is 0. The highest BCUT2D eigenvalue weighted by Gasteiger charge is 1.99. The fourth-order valence-corrected chi connectivity index (χ4v) is 0.767. The van der Waals surface area contributed by atoms with E-state index in [9.17, 15) is 8.78 Å². The topological polar surface area (TPSA) is 26.0 Å². The molecule has 9 heavy (non-hydrogen) atoms. The molecule has 0 amide bonds. The van der Waals surface area contributed by atoms with Crippen molar-refractivity contribution in [3.05, 3.63) is 0 Å². The monoisotopic (exact) mass is 177 g/mol. The van der Waals surface area contributed by atoms with E-state index < -0.39 is 5.76 Å². The Bertz CT molecular complexity index is 55.8. The zero-order valence-electron chi connectivity index (χ0n) is 4.85. The average molecular weight is 178 g/mol. The van der Waals surface area contributed by atoms with Crippen LogP contribution in [0.3, 0.4) is 0 Å². The SMILES string of the molecule is Cl.NCCCSC(F)F. The molecule has 0 aliphatic heterocycles. The van der Waals surface area contributed by atoms with E-state index in [2.05, 4.69) is 0 Å². The molecule has 0 atom stereocenters. The molecule has 2 N–H and O–H groups in total. The van der Waals surface area contributed by atoms with E-state index in [-0.39, 0.29) is 12.4 Å². The van der Waals surface area contributed by atoms with Crippen molar-refractivity contribution >= 4 is 24.2 Å². The van der Waals surface area contributed by atoms with Gasteiger partial charge in [0, 0.05) is 0 Å². The van der Waals surface area contributed by atoms with Crippen LogP contribution in [-0.2, 0) is 0 Å². The first kappa shape index (κ1) is 12.2. The van der Waals surface area contributed by atoms with Crippen LogP contribution >= 0.6 is 24.2 Å². The molecule has 0 radical (unpaired) electrons. The summed E-state index contributed by atoms with van der Waals surface area (Å²) in [4.78, 5) is 0. The number of alkyl halides is 2. The van der Waals surface area contributed by atoms with E-state index >= 15 is 0 Å². The van der Waals surface area contributed by atoms with Crippen LogP contribution in [0.1, 0.15) is 6.42 Å². The van der Waals surface area contributed by atoms with Crippen molar-refractivity contribution in [1.29, 1.82) is 0 Å². The Balaban J connectivity index is 0. The normalized spacial score (nSPS) is 9.33. The fraction of sp³-hybridized carbons (Fsp3) is 1.00. The summed E-state index contributed by atoms with van der Waals surface area (Å²) in [6, 6.07) is 0. The highest BCUT2D eigenvalue weighted by molar-refractivity contribution is 7.99. The first-order valence-corrected chi connectivity index (χ1v) is 3.42. The van der Waals surface area contributed by atoms with Crippen molar-refractivity contribution in [2.75, 3.05) is 12.3 Å². The van der Waals surface area contributed by atoms with Crippen molar-refractivity contribution in [2.45, 2.75) is 12.2 Å². The van der Waals surface area contributed by atoms with Crippen LogP contribution in [0.25, 0.3) is 0 Å². The van der Waals surface area contributed by atoms with Gasteiger partial charge in [0.1, 0.15) is 0 Å². The molecule has 0 spiro atoms. The van der Waals surface area contributed by atoms with Gasteiger partial charge in [-0.3, -0.25) is 0 Å². The quantitative estimate of drug-likeness (QED) is 0.662. The van der Waals surface area contributed by atoms with Gasteiger partial charge in [0.15, 0.2) is 0 Å². The van der Waals surface area contributed by atoms with Gasteiger partial charge >= 0.3 is 0 Å². The minimum atomic E-state index is -2.23. The number of halogens is 3. The standard InChI is InChI=1S/C4H9F2NS.ClH/c5-4(6)8-3-1-2-7;/h4H,1-3,7H2;1H. The van der Waals surface area contributed by atoms with E-state index in [0.717, 1.165) is 0 Å². The number of nitrogens with two attached hydrogens (primary N) is 1. The Hall–Kier alpha value is 0.460. The summed E-state index contributed by atoms with van der Waals surface area (Å²) in [6.45, 7) is 0.500. The van der Waals surface area contributed by atoms with Crippen molar-refractivity contribution in [1.82, 2.24) is 0 Å². The molecule has 0 aromatic rings. The van der Waals surface area contributed by atoms with Crippen LogP contribution in [0.5, 0.6) is 0 Å². The summed E-state index contributed by atoms with van der Waals surface area (Å²) in [5.41, 5.74) is 5.06. The first-order chi connectivity index (χ1) is 3.77. The van der Waals surface area contributed by atoms with Crippen LogP contribution in [0.15, 0.2) is 0 Å². The highest BCUT2D eigenvalue weighted by Crippen LogP contribution is 2.13. The molecule has 0 unspecified atom stereocenters. The second-order valence-electron chi connectivity index (χ2n) is 1.27. The Morgan fingerprint density at radius 1 is 1.44 bits per heavy atom. The molecule has 1 nitrogen and oxygen atoms in total. The Labute approximate surface area is 63.8 Å². The fourth-order valence-electron chi connectivity index (χ4n) is 0.256. The van der Waals surface area contributed by atoms with Crippen molar-refractivity contribution in [2.24, 2.45) is 5.73 Å². The Morgan fingerprint density at radius 2 is 2.00 bits per heavy atom. The molecular formula is C4H10ClF2NS. The Kier molecular flexibility index (Phi) is 11.4. The van der Waals surface area contributed by atoms with E-state index in [1.807, 2.05) is 0 Å². The van der Waals surface area contributed by atoms with Gasteiger partial charge in [-0.1, -0.05) is 11.8 Å². The summed E-state index contributed by atoms with van der Waals surface area (Å²) >= 11 is 0.642. The molecule has 0 bridgehead atoms. The number of rotatable bonds is 4. The summed E-state index contributed by atoms with van der Waals surface area (Å²) in [6.07, 6.45) is 0.676. The van der Waals surface area contributed by atoms with Crippen molar-refractivity contribution < 1.29 is 8.78 Å². The lowest BCUT2D eigenvalue weighted by atomic mass is 10.5. The van der Waals surface area contributed by atoms with Gasteiger partial charge in [0.05, 0.1) is 0 Å². The smallest absolute Gasteiger partial charge is 0.284 e. The molecule has 0 saturated heterocycles. The zero-order valence-corrected chi connectivity index (χ0v) is 6.48. The summed E-state index contributed by atoms with van der Waals surface area (Å²) in [7, 11) is 0. The van der Waals surface area contributed by atoms with Gasteiger partial charge in [0.2, 0.25) is 0 Å².